The van der Waals surface area contributed by atoms with E-state index < -0.39 is 17.5 Å². The van der Waals surface area contributed by atoms with Crippen molar-refractivity contribution in [1.29, 1.82) is 0 Å². The summed E-state index contributed by atoms with van der Waals surface area (Å²) < 4.78 is 28.9. The highest BCUT2D eigenvalue weighted by atomic mass is 79.9. The molecule has 112 valence electrons. The van der Waals surface area contributed by atoms with E-state index in [1.54, 1.807) is 11.6 Å². The molecule has 0 spiro atoms. The maximum absolute atomic E-state index is 13.7. The molecule has 0 saturated carbocycles. The van der Waals surface area contributed by atoms with Gasteiger partial charge in [-0.2, -0.15) is 0 Å². The zero-order valence-electron chi connectivity index (χ0n) is 11.5. The second-order valence-corrected chi connectivity index (χ2v) is 5.61. The van der Waals surface area contributed by atoms with E-state index >= 15 is 0 Å². The third-order valence-electron chi connectivity index (χ3n) is 3.44. The maximum atomic E-state index is 13.7. The van der Waals surface area contributed by atoms with Gasteiger partial charge in [0.1, 0.15) is 17.3 Å². The summed E-state index contributed by atoms with van der Waals surface area (Å²) in [6, 6.07) is 10.5. The Balaban J connectivity index is 2.02. The summed E-state index contributed by atoms with van der Waals surface area (Å²) in [5, 5.41) is 3.35. The van der Waals surface area contributed by atoms with Gasteiger partial charge in [0.2, 0.25) is 0 Å². The highest BCUT2D eigenvalue weighted by Gasteiger charge is 2.20. The Labute approximate surface area is 133 Å². The fraction of sp³-hybridized carbons (Fsp3) is 0.0625. The smallest absolute Gasteiger partial charge is 0.273 e. The lowest BCUT2D eigenvalue weighted by Crippen LogP contribution is -2.17. The molecule has 1 heterocycles. The molecule has 0 aliphatic carbocycles. The van der Waals surface area contributed by atoms with Gasteiger partial charge in [0, 0.05) is 24.0 Å². The van der Waals surface area contributed by atoms with Gasteiger partial charge in [-0.15, -0.1) is 0 Å². The minimum Gasteiger partial charge on any atom is -0.339 e. The molecule has 3 nitrogen and oxygen atoms in total. The van der Waals surface area contributed by atoms with Gasteiger partial charge in [0.15, 0.2) is 0 Å². The largest absolute Gasteiger partial charge is 0.339 e. The summed E-state index contributed by atoms with van der Waals surface area (Å²) in [4.78, 5) is 12.4. The Morgan fingerprint density at radius 3 is 2.59 bits per heavy atom. The number of nitrogens with one attached hydrogen (secondary N) is 1. The minimum absolute atomic E-state index is 0.0662. The molecule has 0 aliphatic heterocycles. The van der Waals surface area contributed by atoms with E-state index in [0.29, 0.717) is 10.2 Å². The van der Waals surface area contributed by atoms with Crippen LogP contribution in [0, 0.1) is 11.6 Å². The number of carbonyl (C=O) groups is 1. The third-order valence-corrected chi connectivity index (χ3v) is 4.24. The van der Waals surface area contributed by atoms with Gasteiger partial charge < -0.3 is 9.88 Å². The molecule has 2 aromatic carbocycles. The van der Waals surface area contributed by atoms with Gasteiger partial charge in [0.05, 0.1) is 10.2 Å². The zero-order valence-corrected chi connectivity index (χ0v) is 13.1. The van der Waals surface area contributed by atoms with Crippen LogP contribution in [0.1, 0.15) is 10.5 Å². The Morgan fingerprint density at radius 2 is 1.91 bits per heavy atom. The summed E-state index contributed by atoms with van der Waals surface area (Å²) in [6.45, 7) is 0. The number of aromatic nitrogens is 1. The van der Waals surface area contributed by atoms with Gasteiger partial charge in [0.25, 0.3) is 5.91 Å². The van der Waals surface area contributed by atoms with Crippen LogP contribution in [0.25, 0.3) is 10.9 Å². The summed E-state index contributed by atoms with van der Waals surface area (Å²) >= 11 is 3.41. The molecule has 1 N–H and O–H groups in total. The average Bonchev–Trinajstić information content (AvgIpc) is 2.74. The molecule has 6 heteroatoms. The average molecular weight is 365 g/mol. The van der Waals surface area contributed by atoms with E-state index in [0.717, 1.165) is 23.0 Å². The van der Waals surface area contributed by atoms with Crippen LogP contribution >= 0.6 is 15.9 Å². The summed E-state index contributed by atoms with van der Waals surface area (Å²) in [7, 11) is 1.75. The van der Waals surface area contributed by atoms with Crippen molar-refractivity contribution in [3.63, 3.8) is 0 Å². The van der Waals surface area contributed by atoms with Crippen LogP contribution in [0.15, 0.2) is 46.9 Å². The monoisotopic (exact) mass is 364 g/mol. The first-order valence-electron chi connectivity index (χ1n) is 6.48. The first-order chi connectivity index (χ1) is 10.5. The Morgan fingerprint density at radius 1 is 1.18 bits per heavy atom. The second-order valence-electron chi connectivity index (χ2n) is 4.82. The quantitative estimate of drug-likeness (QED) is 0.714. The normalized spacial score (nSPS) is 10.9. The van der Waals surface area contributed by atoms with Crippen LogP contribution in [0.5, 0.6) is 0 Å². The van der Waals surface area contributed by atoms with E-state index in [4.69, 9.17) is 0 Å². The number of rotatable bonds is 2. The Hall–Kier alpha value is -2.21. The molecule has 3 aromatic rings. The van der Waals surface area contributed by atoms with E-state index in [1.807, 2.05) is 24.3 Å². The molecular formula is C16H11BrF2N2O. The molecule has 0 aliphatic rings. The van der Waals surface area contributed by atoms with Crippen LogP contribution in [-0.2, 0) is 7.05 Å². The van der Waals surface area contributed by atoms with Gasteiger partial charge in [-0.3, -0.25) is 4.79 Å². The molecule has 0 bridgehead atoms. The van der Waals surface area contributed by atoms with Crippen molar-refractivity contribution in [1.82, 2.24) is 4.57 Å². The number of amides is 1. The fourth-order valence-corrected chi connectivity index (χ4v) is 3.15. The van der Waals surface area contributed by atoms with Crippen molar-refractivity contribution >= 4 is 38.4 Å². The highest BCUT2D eigenvalue weighted by Crippen LogP contribution is 2.30. The molecule has 0 saturated heterocycles. The highest BCUT2D eigenvalue weighted by molar-refractivity contribution is 9.10. The lowest BCUT2D eigenvalue weighted by atomic mass is 10.2. The zero-order chi connectivity index (χ0) is 15.9. The van der Waals surface area contributed by atoms with Crippen LogP contribution in [0.2, 0.25) is 0 Å². The van der Waals surface area contributed by atoms with E-state index in [9.17, 15) is 13.6 Å². The summed E-state index contributed by atoms with van der Waals surface area (Å²) in [6.07, 6.45) is 0. The first-order valence-corrected chi connectivity index (χ1v) is 7.27. The van der Waals surface area contributed by atoms with Crippen molar-refractivity contribution in [3.05, 3.63) is 64.3 Å². The minimum atomic E-state index is -0.816. The predicted molar refractivity (Wildman–Crippen MR) is 84.9 cm³/mol. The topological polar surface area (TPSA) is 34.0 Å². The number of aryl methyl sites for hydroxylation is 1. The predicted octanol–water partition coefficient (Wildman–Crippen LogP) is 4.47. The number of para-hydroxylation sites is 1. The molecule has 0 atom stereocenters. The second kappa shape index (κ2) is 5.53. The molecule has 1 aromatic heterocycles. The molecule has 3 rings (SSSR count). The number of carbonyl (C=O) groups excluding carboxylic acids is 1. The van der Waals surface area contributed by atoms with Crippen LogP contribution in [0.4, 0.5) is 14.5 Å². The van der Waals surface area contributed by atoms with Crippen molar-refractivity contribution in [2.24, 2.45) is 7.05 Å². The number of hydrogen-bond acceptors (Lipinski definition) is 1. The van der Waals surface area contributed by atoms with Gasteiger partial charge in [-0.1, -0.05) is 18.2 Å². The van der Waals surface area contributed by atoms with Crippen LogP contribution in [0.3, 0.4) is 0 Å². The molecular weight excluding hydrogens is 354 g/mol. The SMILES string of the molecule is Cn1c(C(=O)Nc2ccc(F)cc2F)c(Br)c2ccccc21. The molecule has 0 fully saturated rings. The Kier molecular flexibility index (Phi) is 3.70. The van der Waals surface area contributed by atoms with Crippen molar-refractivity contribution in [3.8, 4) is 0 Å². The lowest BCUT2D eigenvalue weighted by molar-refractivity contribution is 0.101. The Bertz CT molecular complexity index is 850. The molecule has 0 unspecified atom stereocenters. The first kappa shape index (κ1) is 14.7. The third kappa shape index (κ3) is 2.39. The fourth-order valence-electron chi connectivity index (χ4n) is 2.37. The van der Waals surface area contributed by atoms with Crippen molar-refractivity contribution in [2.75, 3.05) is 5.32 Å². The molecule has 0 radical (unpaired) electrons. The standard InChI is InChI=1S/C16H11BrF2N2O/c1-21-13-5-3-2-4-10(13)14(17)15(21)16(22)20-12-7-6-9(18)8-11(12)19/h2-8H,1H3,(H,20,22). The number of benzene rings is 2. The van der Waals surface area contributed by atoms with Gasteiger partial charge in [-0.25, -0.2) is 8.78 Å². The van der Waals surface area contributed by atoms with Crippen molar-refractivity contribution in [2.45, 2.75) is 0 Å². The van der Waals surface area contributed by atoms with Gasteiger partial charge >= 0.3 is 0 Å². The number of nitrogens with zero attached hydrogens (tertiary/aromatic N) is 1. The lowest BCUT2D eigenvalue weighted by Gasteiger charge is -2.08. The van der Waals surface area contributed by atoms with Crippen LogP contribution in [-0.4, -0.2) is 10.5 Å². The number of halogens is 3. The molecule has 1 amide bonds. The molecule has 22 heavy (non-hydrogen) atoms. The van der Waals surface area contributed by atoms with E-state index in [1.165, 1.54) is 6.07 Å². The number of anilines is 1. The number of fused-ring (bicyclic) bond motifs is 1. The summed E-state index contributed by atoms with van der Waals surface area (Å²) in [5.41, 5.74) is 1.17. The van der Waals surface area contributed by atoms with E-state index in [-0.39, 0.29) is 5.69 Å². The van der Waals surface area contributed by atoms with Crippen LogP contribution < -0.4 is 5.32 Å². The van der Waals surface area contributed by atoms with Gasteiger partial charge in [-0.05, 0) is 34.1 Å². The maximum Gasteiger partial charge on any atom is 0.273 e. The van der Waals surface area contributed by atoms with E-state index in [2.05, 4.69) is 21.2 Å². The number of hydrogen-bond donors (Lipinski definition) is 1. The summed E-state index contributed by atoms with van der Waals surface area (Å²) in [5.74, 6) is -1.99. The van der Waals surface area contributed by atoms with Crippen molar-refractivity contribution < 1.29 is 13.6 Å².